The molecule has 2 rings (SSSR count). The number of para-hydroxylation sites is 1. The maximum absolute atomic E-state index is 12.9. The molecule has 27 heavy (non-hydrogen) atoms. The van der Waals surface area contributed by atoms with Crippen LogP contribution < -0.4 is 10.6 Å². The molecule has 2 aromatic rings. The highest BCUT2D eigenvalue weighted by Gasteiger charge is 2.23. The van der Waals surface area contributed by atoms with Crippen molar-refractivity contribution in [2.75, 3.05) is 10.6 Å². The van der Waals surface area contributed by atoms with E-state index in [2.05, 4.69) is 22.7 Å². The van der Waals surface area contributed by atoms with Crippen LogP contribution in [0.15, 0.2) is 24.3 Å². The molecular formula is C21H30N4O2. The highest BCUT2D eigenvalue weighted by molar-refractivity contribution is 6.10. The average Bonchev–Trinajstić information content (AvgIpc) is 2.87. The SMILES string of the molecule is CCCCn1nc(C)c(NC(=O)c2ccccc2NC(=O)C(C)(C)C)c1C. The van der Waals surface area contributed by atoms with Crippen LogP contribution >= 0.6 is 0 Å². The molecule has 0 atom stereocenters. The number of hydrogen-bond donors (Lipinski definition) is 2. The molecule has 1 aromatic carbocycles. The van der Waals surface area contributed by atoms with E-state index in [1.165, 1.54) is 0 Å². The fourth-order valence-corrected chi connectivity index (χ4v) is 2.68. The smallest absolute Gasteiger partial charge is 0.257 e. The molecule has 0 bridgehead atoms. The van der Waals surface area contributed by atoms with Gasteiger partial charge in [0.15, 0.2) is 0 Å². The monoisotopic (exact) mass is 370 g/mol. The number of benzene rings is 1. The molecule has 1 heterocycles. The van der Waals surface area contributed by atoms with Gasteiger partial charge >= 0.3 is 0 Å². The van der Waals surface area contributed by atoms with Gasteiger partial charge in [-0.1, -0.05) is 46.2 Å². The first-order valence-electron chi connectivity index (χ1n) is 9.41. The van der Waals surface area contributed by atoms with Crippen LogP contribution in [0.2, 0.25) is 0 Å². The molecule has 0 fully saturated rings. The molecule has 0 radical (unpaired) electrons. The van der Waals surface area contributed by atoms with E-state index in [1.807, 2.05) is 39.3 Å². The van der Waals surface area contributed by atoms with Crippen molar-refractivity contribution in [3.8, 4) is 0 Å². The van der Waals surface area contributed by atoms with Crippen molar-refractivity contribution in [2.24, 2.45) is 5.41 Å². The Labute approximate surface area is 161 Å². The number of unbranched alkanes of at least 4 members (excludes halogenated alkanes) is 1. The number of hydrogen-bond acceptors (Lipinski definition) is 3. The Balaban J connectivity index is 2.25. The summed E-state index contributed by atoms with van der Waals surface area (Å²) in [5.41, 5.74) is 2.84. The lowest BCUT2D eigenvalue weighted by atomic mass is 9.95. The molecule has 0 saturated carbocycles. The maximum Gasteiger partial charge on any atom is 0.257 e. The number of nitrogens with one attached hydrogen (secondary N) is 2. The zero-order valence-electron chi connectivity index (χ0n) is 17.1. The number of carbonyl (C=O) groups is 2. The maximum atomic E-state index is 12.9. The standard InChI is InChI=1S/C21H30N4O2/c1-7-8-13-25-15(3)18(14(2)24-25)23-19(26)16-11-9-10-12-17(16)22-20(27)21(4,5)6/h9-12H,7-8,13H2,1-6H3,(H,22,27)(H,23,26). The summed E-state index contributed by atoms with van der Waals surface area (Å²) in [6.07, 6.45) is 2.12. The summed E-state index contributed by atoms with van der Waals surface area (Å²) >= 11 is 0. The number of rotatable bonds is 6. The molecule has 0 aliphatic carbocycles. The van der Waals surface area contributed by atoms with Gasteiger partial charge in [-0.3, -0.25) is 14.3 Å². The van der Waals surface area contributed by atoms with E-state index >= 15 is 0 Å². The van der Waals surface area contributed by atoms with Crippen molar-refractivity contribution >= 4 is 23.2 Å². The van der Waals surface area contributed by atoms with Crippen LogP contribution in [0.1, 0.15) is 62.3 Å². The Hall–Kier alpha value is -2.63. The van der Waals surface area contributed by atoms with Crippen LogP contribution in [0.5, 0.6) is 0 Å². The van der Waals surface area contributed by atoms with Crippen LogP contribution in [-0.4, -0.2) is 21.6 Å². The zero-order valence-corrected chi connectivity index (χ0v) is 17.1. The van der Waals surface area contributed by atoms with Crippen molar-refractivity contribution in [1.82, 2.24) is 9.78 Å². The van der Waals surface area contributed by atoms with E-state index in [1.54, 1.807) is 24.3 Å². The van der Waals surface area contributed by atoms with Gasteiger partial charge in [0.05, 0.1) is 28.3 Å². The largest absolute Gasteiger partial charge is 0.325 e. The Kier molecular flexibility index (Phi) is 6.41. The highest BCUT2D eigenvalue weighted by atomic mass is 16.2. The van der Waals surface area contributed by atoms with Crippen molar-refractivity contribution in [3.63, 3.8) is 0 Å². The number of aryl methyl sites for hydroxylation is 2. The molecule has 0 unspecified atom stereocenters. The van der Waals surface area contributed by atoms with Gasteiger partial charge in [0, 0.05) is 12.0 Å². The number of carbonyl (C=O) groups excluding carboxylic acids is 2. The van der Waals surface area contributed by atoms with Gasteiger partial charge in [-0.2, -0.15) is 5.10 Å². The van der Waals surface area contributed by atoms with Crippen LogP contribution in [0.3, 0.4) is 0 Å². The minimum Gasteiger partial charge on any atom is -0.325 e. The van der Waals surface area contributed by atoms with E-state index in [9.17, 15) is 9.59 Å². The minimum atomic E-state index is -0.544. The molecule has 6 nitrogen and oxygen atoms in total. The van der Waals surface area contributed by atoms with E-state index in [0.29, 0.717) is 11.3 Å². The number of amides is 2. The summed E-state index contributed by atoms with van der Waals surface area (Å²) in [4.78, 5) is 25.2. The fourth-order valence-electron chi connectivity index (χ4n) is 2.68. The quantitative estimate of drug-likeness (QED) is 0.784. The fraction of sp³-hybridized carbons (Fsp3) is 0.476. The van der Waals surface area contributed by atoms with Gasteiger partial charge in [-0.05, 0) is 32.4 Å². The van der Waals surface area contributed by atoms with Gasteiger partial charge in [0.2, 0.25) is 5.91 Å². The summed E-state index contributed by atoms with van der Waals surface area (Å²) in [7, 11) is 0. The van der Waals surface area contributed by atoms with Crippen LogP contribution in [0.4, 0.5) is 11.4 Å². The molecule has 1 aromatic heterocycles. The zero-order chi connectivity index (χ0) is 20.2. The van der Waals surface area contributed by atoms with Crippen molar-refractivity contribution in [2.45, 2.75) is 60.9 Å². The highest BCUT2D eigenvalue weighted by Crippen LogP contribution is 2.24. The second kappa shape index (κ2) is 8.37. The van der Waals surface area contributed by atoms with Crippen LogP contribution in [0.25, 0.3) is 0 Å². The lowest BCUT2D eigenvalue weighted by Crippen LogP contribution is -2.28. The Morgan fingerprint density at radius 2 is 1.78 bits per heavy atom. The number of anilines is 2. The molecule has 0 aliphatic rings. The van der Waals surface area contributed by atoms with E-state index in [-0.39, 0.29) is 11.8 Å². The van der Waals surface area contributed by atoms with Crippen LogP contribution in [-0.2, 0) is 11.3 Å². The molecule has 0 aliphatic heterocycles. The van der Waals surface area contributed by atoms with Crippen molar-refractivity contribution in [1.29, 1.82) is 0 Å². The van der Waals surface area contributed by atoms with Crippen molar-refractivity contribution in [3.05, 3.63) is 41.2 Å². The van der Waals surface area contributed by atoms with Crippen molar-refractivity contribution < 1.29 is 9.59 Å². The predicted octanol–water partition coefficient (Wildman–Crippen LogP) is 4.54. The predicted molar refractivity (Wildman–Crippen MR) is 109 cm³/mol. The van der Waals surface area contributed by atoms with Gasteiger partial charge in [0.1, 0.15) is 0 Å². The third-order valence-corrected chi connectivity index (χ3v) is 4.44. The normalized spacial score (nSPS) is 11.3. The molecule has 146 valence electrons. The lowest BCUT2D eigenvalue weighted by Gasteiger charge is -2.19. The van der Waals surface area contributed by atoms with Gasteiger partial charge < -0.3 is 10.6 Å². The molecule has 6 heteroatoms. The molecule has 0 saturated heterocycles. The molecular weight excluding hydrogens is 340 g/mol. The second-order valence-corrected chi connectivity index (χ2v) is 7.83. The van der Waals surface area contributed by atoms with E-state index in [0.717, 1.165) is 36.5 Å². The lowest BCUT2D eigenvalue weighted by molar-refractivity contribution is -0.123. The Bertz CT molecular complexity index is 831. The summed E-state index contributed by atoms with van der Waals surface area (Å²) in [5.74, 6) is -0.399. The summed E-state index contributed by atoms with van der Waals surface area (Å²) in [6.45, 7) is 12.3. The minimum absolute atomic E-state index is 0.137. The Morgan fingerprint density at radius 1 is 1.11 bits per heavy atom. The summed E-state index contributed by atoms with van der Waals surface area (Å²) in [6, 6.07) is 7.03. The second-order valence-electron chi connectivity index (χ2n) is 7.83. The average molecular weight is 370 g/mol. The third kappa shape index (κ3) is 4.96. The van der Waals surface area contributed by atoms with Gasteiger partial charge in [-0.15, -0.1) is 0 Å². The Morgan fingerprint density at radius 3 is 2.41 bits per heavy atom. The molecule has 0 spiro atoms. The summed E-state index contributed by atoms with van der Waals surface area (Å²) < 4.78 is 1.93. The van der Waals surface area contributed by atoms with E-state index < -0.39 is 5.41 Å². The first-order chi connectivity index (χ1) is 12.6. The number of aromatic nitrogens is 2. The van der Waals surface area contributed by atoms with Gasteiger partial charge in [0.25, 0.3) is 5.91 Å². The van der Waals surface area contributed by atoms with Crippen LogP contribution in [0, 0.1) is 19.3 Å². The number of nitrogens with zero attached hydrogens (tertiary/aromatic N) is 2. The molecule has 2 amide bonds. The molecule has 2 N–H and O–H groups in total. The topological polar surface area (TPSA) is 76.0 Å². The third-order valence-electron chi connectivity index (χ3n) is 4.44. The van der Waals surface area contributed by atoms with E-state index in [4.69, 9.17) is 0 Å². The summed E-state index contributed by atoms with van der Waals surface area (Å²) in [5, 5.41) is 10.4. The first kappa shape index (κ1) is 20.7. The first-order valence-corrected chi connectivity index (χ1v) is 9.41. The van der Waals surface area contributed by atoms with Gasteiger partial charge in [-0.25, -0.2) is 0 Å².